The van der Waals surface area contributed by atoms with Crippen molar-refractivity contribution < 1.29 is 14.3 Å². The molecule has 0 spiro atoms. The highest BCUT2D eigenvalue weighted by Crippen LogP contribution is 2.36. The van der Waals surface area contributed by atoms with E-state index in [0.717, 1.165) is 17.0 Å². The zero-order valence-electron chi connectivity index (χ0n) is 11.1. The zero-order valence-corrected chi connectivity index (χ0v) is 12.0. The number of nitrogens with zero attached hydrogens (tertiary/aromatic N) is 1. The molecule has 2 rings (SSSR count). The fraction of sp³-hybridized carbons (Fsp3) is 0.429. The van der Waals surface area contributed by atoms with Crippen LogP contribution in [-0.4, -0.2) is 30.8 Å². The first-order chi connectivity index (χ1) is 9.17. The second-order valence-electron chi connectivity index (χ2n) is 4.24. The van der Waals surface area contributed by atoms with Crippen LogP contribution in [0.2, 0.25) is 0 Å². The van der Waals surface area contributed by atoms with E-state index in [1.165, 1.54) is 11.8 Å². The third-order valence-corrected chi connectivity index (χ3v) is 3.91. The molecule has 1 aliphatic heterocycles. The number of anilines is 1. The molecule has 0 saturated carbocycles. The van der Waals surface area contributed by atoms with Crippen LogP contribution >= 0.6 is 11.8 Å². The van der Waals surface area contributed by atoms with Crippen molar-refractivity contribution in [3.05, 3.63) is 23.8 Å². The molecule has 1 amide bonds. The molecular formula is C14H17NO3S. The third-order valence-electron chi connectivity index (χ3n) is 2.86. The van der Waals surface area contributed by atoms with Crippen molar-refractivity contribution in [3.63, 3.8) is 0 Å². The number of amides is 1. The topological polar surface area (TPSA) is 46.6 Å². The number of rotatable bonds is 4. The molecule has 1 aliphatic rings. The van der Waals surface area contributed by atoms with Crippen molar-refractivity contribution in [1.29, 1.82) is 0 Å². The highest BCUT2D eigenvalue weighted by Gasteiger charge is 2.25. The molecule has 4 nitrogen and oxygen atoms in total. The van der Waals surface area contributed by atoms with E-state index in [1.54, 1.807) is 24.0 Å². The second-order valence-corrected chi connectivity index (χ2v) is 5.25. The van der Waals surface area contributed by atoms with Crippen molar-refractivity contribution >= 4 is 29.3 Å². The van der Waals surface area contributed by atoms with Gasteiger partial charge in [-0.2, -0.15) is 0 Å². The number of ether oxygens (including phenoxy) is 1. The normalized spacial score (nSPS) is 14.2. The Hall–Kier alpha value is -1.49. The summed E-state index contributed by atoms with van der Waals surface area (Å²) < 4.78 is 4.99. The van der Waals surface area contributed by atoms with Gasteiger partial charge in [-0.25, -0.2) is 4.79 Å². The molecule has 0 atom stereocenters. The summed E-state index contributed by atoms with van der Waals surface area (Å²) in [5.41, 5.74) is 1.32. The van der Waals surface area contributed by atoms with E-state index in [4.69, 9.17) is 4.74 Å². The van der Waals surface area contributed by atoms with Crippen LogP contribution in [0.3, 0.4) is 0 Å². The van der Waals surface area contributed by atoms with Gasteiger partial charge in [0.2, 0.25) is 5.91 Å². The summed E-state index contributed by atoms with van der Waals surface area (Å²) in [5.74, 6) is 0.219. The van der Waals surface area contributed by atoms with Gasteiger partial charge in [-0.05, 0) is 31.5 Å². The lowest BCUT2D eigenvalue weighted by Gasteiger charge is -2.29. The summed E-state index contributed by atoms with van der Waals surface area (Å²) in [7, 11) is 0. The Bertz CT molecular complexity index is 501. The van der Waals surface area contributed by atoms with E-state index in [0.29, 0.717) is 24.5 Å². The minimum Gasteiger partial charge on any atom is -0.462 e. The Morgan fingerprint density at radius 2 is 2.21 bits per heavy atom. The molecule has 1 aromatic carbocycles. The van der Waals surface area contributed by atoms with Gasteiger partial charge < -0.3 is 9.64 Å². The van der Waals surface area contributed by atoms with Gasteiger partial charge in [0.05, 0.1) is 23.6 Å². The van der Waals surface area contributed by atoms with Gasteiger partial charge in [-0.3, -0.25) is 4.79 Å². The van der Waals surface area contributed by atoms with Crippen molar-refractivity contribution in [3.8, 4) is 0 Å². The number of fused-ring (bicyclic) bond motifs is 1. The summed E-state index contributed by atoms with van der Waals surface area (Å²) in [6.45, 7) is 4.84. The fourth-order valence-electron chi connectivity index (χ4n) is 2.01. The Labute approximate surface area is 117 Å². The van der Waals surface area contributed by atoms with Crippen LogP contribution in [-0.2, 0) is 9.53 Å². The van der Waals surface area contributed by atoms with Gasteiger partial charge in [0.25, 0.3) is 0 Å². The predicted octanol–water partition coefficient (Wildman–Crippen LogP) is 2.71. The fourth-order valence-corrected chi connectivity index (χ4v) is 2.93. The molecule has 0 aromatic heterocycles. The summed E-state index contributed by atoms with van der Waals surface area (Å²) in [6, 6.07) is 5.40. The average molecular weight is 279 g/mol. The van der Waals surface area contributed by atoms with E-state index in [2.05, 4.69) is 0 Å². The van der Waals surface area contributed by atoms with Gasteiger partial charge in [0, 0.05) is 11.4 Å². The van der Waals surface area contributed by atoms with Crippen molar-refractivity contribution in [1.82, 2.24) is 0 Å². The van der Waals surface area contributed by atoms with Crippen LogP contribution in [0.15, 0.2) is 23.1 Å². The van der Waals surface area contributed by atoms with Gasteiger partial charge in [-0.1, -0.05) is 6.92 Å². The molecule has 0 saturated heterocycles. The van der Waals surface area contributed by atoms with Crippen molar-refractivity contribution in [2.45, 2.75) is 25.2 Å². The molecule has 5 heteroatoms. The smallest absolute Gasteiger partial charge is 0.338 e. The second kappa shape index (κ2) is 6.10. The highest BCUT2D eigenvalue weighted by atomic mass is 32.2. The van der Waals surface area contributed by atoms with Gasteiger partial charge in [0.1, 0.15) is 0 Å². The summed E-state index contributed by atoms with van der Waals surface area (Å²) >= 11 is 1.52. The molecule has 0 radical (unpaired) electrons. The molecular weight excluding hydrogens is 262 g/mol. The lowest BCUT2D eigenvalue weighted by molar-refractivity contribution is -0.116. The van der Waals surface area contributed by atoms with Crippen LogP contribution in [0.1, 0.15) is 30.6 Å². The molecule has 1 heterocycles. The Morgan fingerprint density at radius 1 is 1.42 bits per heavy atom. The van der Waals surface area contributed by atoms with Gasteiger partial charge in [0.15, 0.2) is 0 Å². The van der Waals surface area contributed by atoms with E-state index in [-0.39, 0.29) is 11.9 Å². The largest absolute Gasteiger partial charge is 0.462 e. The van der Waals surface area contributed by atoms with E-state index >= 15 is 0 Å². The Kier molecular flexibility index (Phi) is 4.47. The summed E-state index contributed by atoms with van der Waals surface area (Å²) in [4.78, 5) is 26.5. The molecule has 0 unspecified atom stereocenters. The van der Waals surface area contributed by atoms with Crippen LogP contribution in [0.5, 0.6) is 0 Å². The third kappa shape index (κ3) is 2.92. The van der Waals surface area contributed by atoms with Crippen LogP contribution < -0.4 is 4.90 Å². The standard InChI is InChI=1S/C14H17NO3S/c1-3-7-15-11-8-10(14(17)18-4-2)5-6-12(11)19-9-13(15)16/h5-6,8H,3-4,7,9H2,1-2H3. The van der Waals surface area contributed by atoms with Crippen LogP contribution in [0.25, 0.3) is 0 Å². The minimum atomic E-state index is -0.343. The monoisotopic (exact) mass is 279 g/mol. The Balaban J connectivity index is 2.35. The molecule has 102 valence electrons. The molecule has 0 fully saturated rings. The van der Waals surface area contributed by atoms with Crippen LogP contribution in [0.4, 0.5) is 5.69 Å². The summed E-state index contributed by atoms with van der Waals surface area (Å²) in [5, 5.41) is 0. The number of hydrogen-bond acceptors (Lipinski definition) is 4. The molecule has 0 aliphatic carbocycles. The quantitative estimate of drug-likeness (QED) is 0.795. The zero-order chi connectivity index (χ0) is 13.8. The summed E-state index contributed by atoms with van der Waals surface area (Å²) in [6.07, 6.45) is 0.888. The SMILES string of the molecule is CCCN1C(=O)CSc2ccc(C(=O)OCC)cc21. The van der Waals surface area contributed by atoms with Crippen molar-refractivity contribution in [2.75, 3.05) is 23.8 Å². The number of esters is 1. The molecule has 0 N–H and O–H groups in total. The Morgan fingerprint density at radius 3 is 2.89 bits per heavy atom. The number of carbonyl (C=O) groups excluding carboxylic acids is 2. The predicted molar refractivity (Wildman–Crippen MR) is 75.8 cm³/mol. The number of hydrogen-bond donors (Lipinski definition) is 0. The average Bonchev–Trinajstić information content (AvgIpc) is 2.42. The lowest BCUT2D eigenvalue weighted by Crippen LogP contribution is -2.36. The molecule has 0 bridgehead atoms. The first-order valence-electron chi connectivity index (χ1n) is 6.41. The lowest BCUT2D eigenvalue weighted by atomic mass is 10.1. The maximum Gasteiger partial charge on any atom is 0.338 e. The van der Waals surface area contributed by atoms with E-state index in [9.17, 15) is 9.59 Å². The first kappa shape index (κ1) is 13.9. The number of carbonyl (C=O) groups is 2. The minimum absolute atomic E-state index is 0.0976. The molecule has 19 heavy (non-hydrogen) atoms. The highest BCUT2D eigenvalue weighted by molar-refractivity contribution is 8.00. The van der Waals surface area contributed by atoms with E-state index in [1.807, 2.05) is 13.0 Å². The number of benzene rings is 1. The maximum absolute atomic E-state index is 11.9. The van der Waals surface area contributed by atoms with E-state index < -0.39 is 0 Å². The van der Waals surface area contributed by atoms with Gasteiger partial charge in [-0.15, -0.1) is 11.8 Å². The molecule has 1 aromatic rings. The van der Waals surface area contributed by atoms with Crippen molar-refractivity contribution in [2.24, 2.45) is 0 Å². The maximum atomic E-state index is 11.9. The number of thioether (sulfide) groups is 1. The van der Waals surface area contributed by atoms with Gasteiger partial charge >= 0.3 is 5.97 Å². The van der Waals surface area contributed by atoms with Crippen LogP contribution in [0, 0.1) is 0 Å². The first-order valence-corrected chi connectivity index (χ1v) is 7.40.